The Labute approximate surface area is 160 Å². The van der Waals surface area contributed by atoms with Crippen LogP contribution in [-0.2, 0) is 4.79 Å². The average molecular weight is 416 g/mol. The van der Waals surface area contributed by atoms with Gasteiger partial charge in [-0.05, 0) is 52.0 Å². The summed E-state index contributed by atoms with van der Waals surface area (Å²) < 4.78 is 0.902. The molecule has 2 aromatic carbocycles. The lowest BCUT2D eigenvalue weighted by atomic mass is 10.1. The monoisotopic (exact) mass is 415 g/mol. The van der Waals surface area contributed by atoms with Gasteiger partial charge in [-0.3, -0.25) is 4.79 Å². The largest absolute Gasteiger partial charge is 0.328 e. The Morgan fingerprint density at radius 3 is 2.64 bits per heavy atom. The van der Waals surface area contributed by atoms with Gasteiger partial charge in [-0.2, -0.15) is 0 Å². The first-order valence-electron chi connectivity index (χ1n) is 8.11. The maximum atomic E-state index is 12.4. The molecule has 0 unspecified atom stereocenters. The maximum Gasteiger partial charge on any atom is 0.279 e. The summed E-state index contributed by atoms with van der Waals surface area (Å²) in [4.78, 5) is 13.6. The lowest BCUT2D eigenvalue weighted by molar-refractivity contribution is -0.675. The summed E-state index contributed by atoms with van der Waals surface area (Å²) >= 11 is 5.22. The van der Waals surface area contributed by atoms with E-state index in [0.717, 1.165) is 15.7 Å². The second-order valence-corrected chi connectivity index (χ2v) is 7.71. The molecular formula is C20H20BrN2OS+. The molecule has 25 heavy (non-hydrogen) atoms. The van der Waals surface area contributed by atoms with Gasteiger partial charge in [0.1, 0.15) is 6.04 Å². The first kappa shape index (κ1) is 17.9. The van der Waals surface area contributed by atoms with E-state index in [9.17, 15) is 4.79 Å². The van der Waals surface area contributed by atoms with Crippen molar-refractivity contribution in [1.29, 1.82) is 0 Å². The zero-order valence-corrected chi connectivity index (χ0v) is 16.3. The molecule has 1 aromatic heterocycles. The summed E-state index contributed by atoms with van der Waals surface area (Å²) in [7, 11) is 0. The number of amides is 1. The van der Waals surface area contributed by atoms with Crippen molar-refractivity contribution >= 4 is 38.9 Å². The number of nitrogens with one attached hydrogen (secondary N) is 1. The molecule has 3 rings (SSSR count). The highest BCUT2D eigenvalue weighted by molar-refractivity contribution is 9.10. The van der Waals surface area contributed by atoms with Crippen LogP contribution in [0.1, 0.15) is 22.0 Å². The fraction of sp³-hybridized carbons (Fsp3) is 0.150. The van der Waals surface area contributed by atoms with E-state index in [2.05, 4.69) is 50.1 Å². The van der Waals surface area contributed by atoms with E-state index in [1.54, 1.807) is 11.3 Å². The van der Waals surface area contributed by atoms with E-state index in [0.29, 0.717) is 6.54 Å². The Bertz CT molecular complexity index is 834. The predicted molar refractivity (Wildman–Crippen MR) is 107 cm³/mol. The zero-order chi connectivity index (χ0) is 17.6. The fourth-order valence-corrected chi connectivity index (χ4v) is 4.14. The summed E-state index contributed by atoms with van der Waals surface area (Å²) in [5.74, 6) is -0.0120. The Morgan fingerprint density at radius 2 is 1.96 bits per heavy atom. The molecule has 1 amide bonds. The highest BCUT2D eigenvalue weighted by atomic mass is 79.9. The van der Waals surface area contributed by atoms with Gasteiger partial charge in [0.2, 0.25) is 0 Å². The van der Waals surface area contributed by atoms with Crippen LogP contribution in [-0.4, -0.2) is 12.5 Å². The number of quaternary nitrogens is 1. The second-order valence-electron chi connectivity index (χ2n) is 5.88. The van der Waals surface area contributed by atoms with Crippen LogP contribution >= 0.6 is 27.3 Å². The number of carbonyl (C=O) groups is 1. The first-order valence-corrected chi connectivity index (χ1v) is 9.78. The van der Waals surface area contributed by atoms with Crippen molar-refractivity contribution < 1.29 is 10.1 Å². The van der Waals surface area contributed by atoms with Crippen LogP contribution in [0.15, 0.2) is 70.5 Å². The number of anilines is 1. The summed E-state index contributed by atoms with van der Waals surface area (Å²) in [6, 6.07) is 20.5. The molecule has 0 aliphatic carbocycles. The minimum Gasteiger partial charge on any atom is -0.328 e. The number of hydrogen-bond donors (Lipinski definition) is 2. The van der Waals surface area contributed by atoms with Gasteiger partial charge < -0.3 is 10.6 Å². The van der Waals surface area contributed by atoms with E-state index in [1.165, 1.54) is 10.4 Å². The Hall–Kier alpha value is -1.95. The molecule has 0 aliphatic rings. The van der Waals surface area contributed by atoms with Gasteiger partial charge in [0, 0.05) is 10.0 Å². The average Bonchev–Trinajstić information content (AvgIpc) is 3.13. The number of thiophene rings is 1. The van der Waals surface area contributed by atoms with Crippen LogP contribution in [0.4, 0.5) is 5.69 Å². The lowest BCUT2D eigenvalue weighted by Gasteiger charge is -2.15. The highest BCUT2D eigenvalue weighted by Crippen LogP contribution is 2.24. The Balaban J connectivity index is 1.68. The molecule has 3 nitrogen and oxygen atoms in total. The Morgan fingerprint density at radius 1 is 1.16 bits per heavy atom. The molecule has 3 N–H and O–H groups in total. The van der Waals surface area contributed by atoms with Crippen molar-refractivity contribution in [2.45, 2.75) is 13.0 Å². The maximum absolute atomic E-state index is 12.4. The van der Waals surface area contributed by atoms with Crippen LogP contribution < -0.4 is 10.6 Å². The zero-order valence-electron chi connectivity index (χ0n) is 13.9. The molecule has 3 aromatic rings. The topological polar surface area (TPSA) is 45.7 Å². The summed E-state index contributed by atoms with van der Waals surface area (Å²) in [6.45, 7) is 2.38. The third-order valence-electron chi connectivity index (χ3n) is 3.95. The summed E-state index contributed by atoms with van der Waals surface area (Å²) in [5, 5.41) is 7.13. The molecule has 0 aliphatic heterocycles. The lowest BCUT2D eigenvalue weighted by Crippen LogP contribution is -2.87. The van der Waals surface area contributed by atoms with E-state index >= 15 is 0 Å². The molecule has 0 bridgehead atoms. The molecule has 5 heteroatoms. The van der Waals surface area contributed by atoms with Crippen LogP contribution in [0.25, 0.3) is 0 Å². The van der Waals surface area contributed by atoms with E-state index < -0.39 is 0 Å². The van der Waals surface area contributed by atoms with Gasteiger partial charge >= 0.3 is 0 Å². The molecular weight excluding hydrogens is 396 g/mol. The number of rotatable bonds is 6. The molecule has 0 radical (unpaired) electrons. The van der Waals surface area contributed by atoms with Crippen LogP contribution in [0, 0.1) is 6.92 Å². The SMILES string of the molecule is Cc1ccc(NC(=O)C[NH2+][C@@H](c2ccccc2)c2cccs2)c(Br)c1. The van der Waals surface area contributed by atoms with Crippen LogP contribution in [0.3, 0.4) is 0 Å². The van der Waals surface area contributed by atoms with Crippen molar-refractivity contribution in [3.05, 3.63) is 86.5 Å². The quantitative estimate of drug-likeness (QED) is 0.624. The van der Waals surface area contributed by atoms with Gasteiger partial charge in [-0.1, -0.05) is 42.5 Å². The van der Waals surface area contributed by atoms with Crippen molar-refractivity contribution in [1.82, 2.24) is 0 Å². The Kier molecular flexibility index (Phi) is 6.02. The number of halogens is 1. The van der Waals surface area contributed by atoms with E-state index in [1.807, 2.05) is 49.4 Å². The third kappa shape index (κ3) is 4.78. The van der Waals surface area contributed by atoms with E-state index in [4.69, 9.17) is 0 Å². The summed E-state index contributed by atoms with van der Waals surface area (Å²) in [6.07, 6.45) is 0. The molecule has 128 valence electrons. The van der Waals surface area contributed by atoms with Gasteiger partial charge in [-0.25, -0.2) is 0 Å². The number of aryl methyl sites for hydroxylation is 1. The molecule has 0 saturated heterocycles. The minimum atomic E-state index is -0.0120. The molecule has 1 heterocycles. The number of hydrogen-bond acceptors (Lipinski definition) is 2. The van der Waals surface area contributed by atoms with Crippen molar-refractivity contribution in [2.24, 2.45) is 0 Å². The molecule has 0 fully saturated rings. The van der Waals surface area contributed by atoms with Crippen LogP contribution in [0.5, 0.6) is 0 Å². The predicted octanol–water partition coefficient (Wildman–Crippen LogP) is 4.11. The van der Waals surface area contributed by atoms with Gasteiger partial charge in [0.15, 0.2) is 6.54 Å². The normalized spacial score (nSPS) is 11.9. The van der Waals surface area contributed by atoms with Crippen molar-refractivity contribution in [3.63, 3.8) is 0 Å². The molecule has 1 atom stereocenters. The smallest absolute Gasteiger partial charge is 0.279 e. The minimum absolute atomic E-state index is 0.0120. The number of nitrogens with two attached hydrogens (primary N) is 1. The van der Waals surface area contributed by atoms with Crippen molar-refractivity contribution in [2.75, 3.05) is 11.9 Å². The van der Waals surface area contributed by atoms with Gasteiger partial charge in [0.05, 0.1) is 10.6 Å². The second kappa shape index (κ2) is 8.43. The third-order valence-corrected chi connectivity index (χ3v) is 5.56. The van der Waals surface area contributed by atoms with Crippen LogP contribution in [0.2, 0.25) is 0 Å². The first-order chi connectivity index (χ1) is 12.1. The standard InChI is InChI=1S/C20H19BrN2OS/c1-14-9-10-17(16(21)12-14)23-19(24)13-22-20(18-8-5-11-25-18)15-6-3-2-4-7-15/h2-12,20,22H,13H2,1H3,(H,23,24)/p+1/t20-/m0/s1. The van der Waals surface area contributed by atoms with Gasteiger partial charge in [0.25, 0.3) is 5.91 Å². The van der Waals surface area contributed by atoms with Gasteiger partial charge in [-0.15, -0.1) is 11.3 Å². The molecule has 0 saturated carbocycles. The van der Waals surface area contributed by atoms with Crippen molar-refractivity contribution in [3.8, 4) is 0 Å². The number of benzene rings is 2. The fourth-order valence-electron chi connectivity index (χ4n) is 2.69. The highest BCUT2D eigenvalue weighted by Gasteiger charge is 2.20. The van der Waals surface area contributed by atoms with E-state index in [-0.39, 0.29) is 11.9 Å². The summed E-state index contributed by atoms with van der Waals surface area (Å²) in [5.41, 5.74) is 3.16. The molecule has 0 spiro atoms. The number of carbonyl (C=O) groups excluding carboxylic acids is 1.